The Bertz CT molecular complexity index is 1340. The van der Waals surface area contributed by atoms with E-state index < -0.39 is 0 Å². The zero-order chi connectivity index (χ0) is 26.1. The molecule has 0 spiro atoms. The summed E-state index contributed by atoms with van der Waals surface area (Å²) in [5.41, 5.74) is 6.25. The molecule has 38 heavy (non-hydrogen) atoms. The molecule has 1 aliphatic carbocycles. The molecule has 1 saturated heterocycles. The number of nitrogens with zero attached hydrogens (tertiary/aromatic N) is 5. The molecule has 1 saturated carbocycles. The second-order valence-corrected chi connectivity index (χ2v) is 11.6. The third-order valence-corrected chi connectivity index (χ3v) is 9.10. The number of anilines is 1. The van der Waals surface area contributed by atoms with E-state index in [1.165, 1.54) is 52.5 Å². The molecule has 3 heterocycles. The van der Waals surface area contributed by atoms with E-state index in [-0.39, 0.29) is 0 Å². The second kappa shape index (κ2) is 10.9. The number of benzene rings is 2. The van der Waals surface area contributed by atoms with Gasteiger partial charge in [0.15, 0.2) is 0 Å². The fraction of sp³-hybridized carbons (Fsp3) is 0.531. The minimum atomic E-state index is 0.398. The molecular weight excluding hydrogens is 470 g/mol. The summed E-state index contributed by atoms with van der Waals surface area (Å²) < 4.78 is 6.33. The van der Waals surface area contributed by atoms with Crippen molar-refractivity contribution in [3.63, 3.8) is 0 Å². The van der Waals surface area contributed by atoms with Gasteiger partial charge in [0.25, 0.3) is 0 Å². The molecule has 2 aliphatic heterocycles. The molecule has 0 N–H and O–H groups in total. The van der Waals surface area contributed by atoms with Crippen LogP contribution in [0.2, 0.25) is 0 Å². The van der Waals surface area contributed by atoms with E-state index in [1.54, 1.807) is 0 Å². The van der Waals surface area contributed by atoms with Gasteiger partial charge in [0.05, 0.1) is 17.9 Å². The first-order chi connectivity index (χ1) is 18.6. The molecular formula is C32H39N5O. The van der Waals surface area contributed by atoms with Crippen LogP contribution in [0.3, 0.4) is 0 Å². The summed E-state index contributed by atoms with van der Waals surface area (Å²) in [6, 6.07) is 14.2. The number of rotatable bonds is 6. The van der Waals surface area contributed by atoms with Crippen molar-refractivity contribution in [3.05, 3.63) is 70.3 Å². The van der Waals surface area contributed by atoms with Crippen LogP contribution in [0.1, 0.15) is 67.0 Å². The summed E-state index contributed by atoms with van der Waals surface area (Å²) >= 11 is 0. The Morgan fingerprint density at radius 3 is 2.74 bits per heavy atom. The minimum Gasteiger partial charge on any atom is -0.462 e. The number of fused-ring (bicyclic) bond motifs is 2. The molecule has 6 heteroatoms. The molecule has 3 atom stereocenters. The van der Waals surface area contributed by atoms with Gasteiger partial charge in [0.1, 0.15) is 6.61 Å². The summed E-state index contributed by atoms with van der Waals surface area (Å²) in [6.45, 7) is 13.7. The molecule has 2 aromatic carbocycles. The van der Waals surface area contributed by atoms with Gasteiger partial charge in [-0.05, 0) is 81.6 Å². The van der Waals surface area contributed by atoms with Crippen molar-refractivity contribution in [1.29, 1.82) is 0 Å². The summed E-state index contributed by atoms with van der Waals surface area (Å²) in [5.74, 6) is 0.877. The van der Waals surface area contributed by atoms with Gasteiger partial charge < -0.3 is 19.4 Å². The summed E-state index contributed by atoms with van der Waals surface area (Å²) in [7, 11) is 2.18. The van der Waals surface area contributed by atoms with Crippen LogP contribution in [0, 0.1) is 19.4 Å². The van der Waals surface area contributed by atoms with Crippen molar-refractivity contribution >= 4 is 16.5 Å². The summed E-state index contributed by atoms with van der Waals surface area (Å²) in [5, 5.41) is 2.62. The Kier molecular flexibility index (Phi) is 7.21. The van der Waals surface area contributed by atoms with Crippen molar-refractivity contribution in [2.75, 3.05) is 38.2 Å². The summed E-state index contributed by atoms with van der Waals surface area (Å²) in [4.78, 5) is 18.8. The van der Waals surface area contributed by atoms with Crippen LogP contribution in [-0.4, -0.2) is 54.2 Å². The number of ether oxygens (including phenoxy) is 1. The van der Waals surface area contributed by atoms with E-state index in [0.717, 1.165) is 51.0 Å². The van der Waals surface area contributed by atoms with Gasteiger partial charge in [0.2, 0.25) is 6.54 Å². The Morgan fingerprint density at radius 1 is 1.05 bits per heavy atom. The predicted octanol–water partition coefficient (Wildman–Crippen LogP) is 6.17. The number of likely N-dealkylation sites (N-methyl/N-ethyl adjacent to an activating group) is 1. The van der Waals surface area contributed by atoms with E-state index in [2.05, 4.69) is 65.0 Å². The van der Waals surface area contributed by atoms with Crippen molar-refractivity contribution < 1.29 is 4.74 Å². The van der Waals surface area contributed by atoms with Gasteiger partial charge >= 0.3 is 6.01 Å². The Balaban J connectivity index is 1.34. The predicted molar refractivity (Wildman–Crippen MR) is 153 cm³/mol. The zero-order valence-electron chi connectivity index (χ0n) is 22.8. The van der Waals surface area contributed by atoms with Gasteiger partial charge in [-0.1, -0.05) is 36.8 Å². The minimum absolute atomic E-state index is 0.398. The van der Waals surface area contributed by atoms with Crippen LogP contribution in [0.4, 0.5) is 5.69 Å². The van der Waals surface area contributed by atoms with Crippen molar-refractivity contribution in [2.45, 2.75) is 70.4 Å². The average Bonchev–Trinajstić information content (AvgIpc) is 3.35. The maximum Gasteiger partial charge on any atom is 0.316 e. The van der Waals surface area contributed by atoms with Gasteiger partial charge in [-0.2, -0.15) is 9.97 Å². The van der Waals surface area contributed by atoms with Crippen LogP contribution >= 0.6 is 0 Å². The van der Waals surface area contributed by atoms with Gasteiger partial charge in [0, 0.05) is 35.5 Å². The lowest BCUT2D eigenvalue weighted by molar-refractivity contribution is 0.186. The molecule has 0 radical (unpaired) electrons. The quantitative estimate of drug-likeness (QED) is 0.372. The molecule has 6 nitrogen and oxygen atoms in total. The third-order valence-electron chi connectivity index (χ3n) is 9.10. The van der Waals surface area contributed by atoms with E-state index in [9.17, 15) is 0 Å². The molecule has 198 valence electrons. The van der Waals surface area contributed by atoms with Gasteiger partial charge in [-0.3, -0.25) is 0 Å². The normalized spacial score (nSPS) is 23.8. The second-order valence-electron chi connectivity index (χ2n) is 11.6. The molecule has 1 aromatic heterocycles. The van der Waals surface area contributed by atoms with Crippen LogP contribution < -0.4 is 9.64 Å². The molecule has 1 unspecified atom stereocenters. The zero-order valence-corrected chi connectivity index (χ0v) is 22.8. The molecule has 3 aromatic rings. The third kappa shape index (κ3) is 4.97. The summed E-state index contributed by atoms with van der Waals surface area (Å²) in [6.07, 6.45) is 7.89. The number of hydrogen-bond acceptors (Lipinski definition) is 5. The van der Waals surface area contributed by atoms with E-state index in [4.69, 9.17) is 21.3 Å². The van der Waals surface area contributed by atoms with E-state index >= 15 is 0 Å². The molecule has 2 fully saturated rings. The highest BCUT2D eigenvalue weighted by molar-refractivity contribution is 5.96. The topological polar surface area (TPSA) is 45.9 Å². The van der Waals surface area contributed by atoms with Crippen LogP contribution in [0.15, 0.2) is 36.4 Å². The number of hydrogen-bond donors (Lipinski definition) is 0. The van der Waals surface area contributed by atoms with Crippen molar-refractivity contribution in [1.82, 2.24) is 14.9 Å². The highest BCUT2D eigenvalue weighted by Crippen LogP contribution is 2.40. The van der Waals surface area contributed by atoms with Crippen LogP contribution in [-0.2, 0) is 13.0 Å². The highest BCUT2D eigenvalue weighted by atomic mass is 16.5. The Morgan fingerprint density at radius 2 is 1.92 bits per heavy atom. The van der Waals surface area contributed by atoms with E-state index in [1.807, 2.05) is 0 Å². The Labute approximate surface area is 226 Å². The van der Waals surface area contributed by atoms with Crippen molar-refractivity contribution in [3.8, 4) is 6.01 Å². The van der Waals surface area contributed by atoms with Crippen LogP contribution in [0.5, 0.6) is 6.01 Å². The number of aryl methyl sites for hydroxylation is 1. The number of aromatic nitrogens is 2. The SMILES string of the molecule is [C-]#[N+]C[C@@H]1CCCC(c2nc(OC[C@@H]3CCCN3C)nc3c2CCN(c2cccc4cccc(C)c24)C3)C1. The number of likely N-dealkylation sites (tertiary alicyclic amines) is 1. The average molecular weight is 510 g/mol. The van der Waals surface area contributed by atoms with Gasteiger partial charge in [-0.15, -0.1) is 0 Å². The fourth-order valence-corrected chi connectivity index (χ4v) is 7.01. The maximum absolute atomic E-state index is 7.39. The largest absolute Gasteiger partial charge is 0.462 e. The molecule has 6 rings (SSSR count). The molecule has 0 amide bonds. The van der Waals surface area contributed by atoms with Crippen LogP contribution in [0.25, 0.3) is 15.6 Å². The standard InChI is InChI=1S/C32H39N5O/c1-22-8-4-10-24-11-6-14-29(30(22)24)37-17-15-27-28(20-37)34-32(38-21-26-13-7-16-36(26)3)35-31(27)25-12-5-9-23(18-25)19-33-2/h4,6,8,10-11,14,23,25-26H,5,7,9,12-13,15-21H2,1,3H3/t23-,25?,26+/m1/s1. The monoisotopic (exact) mass is 509 g/mol. The van der Waals surface area contributed by atoms with Crippen molar-refractivity contribution in [2.24, 2.45) is 5.92 Å². The first-order valence-corrected chi connectivity index (χ1v) is 14.4. The molecule has 3 aliphatic rings. The van der Waals surface area contributed by atoms with E-state index in [0.29, 0.717) is 37.0 Å². The Hall–Kier alpha value is -3.17. The lowest BCUT2D eigenvalue weighted by Crippen LogP contribution is -2.34. The maximum atomic E-state index is 7.39. The first kappa shape index (κ1) is 25.1. The first-order valence-electron chi connectivity index (χ1n) is 14.4. The fourth-order valence-electron chi connectivity index (χ4n) is 7.01. The molecule has 0 bridgehead atoms. The lowest BCUT2D eigenvalue weighted by atomic mass is 9.78. The smallest absolute Gasteiger partial charge is 0.316 e. The highest BCUT2D eigenvalue weighted by Gasteiger charge is 2.32. The lowest BCUT2D eigenvalue weighted by Gasteiger charge is -2.34. The van der Waals surface area contributed by atoms with Gasteiger partial charge in [-0.25, -0.2) is 6.57 Å².